The van der Waals surface area contributed by atoms with Crippen LogP contribution in [0.15, 0.2) is 70.1 Å². The Balaban J connectivity index is 1.91. The summed E-state index contributed by atoms with van der Waals surface area (Å²) in [5, 5.41) is 20.0. The minimum atomic E-state index is -1.11. The quantitative estimate of drug-likeness (QED) is 0.562. The van der Waals surface area contributed by atoms with Crippen molar-refractivity contribution in [3.63, 3.8) is 0 Å². The monoisotopic (exact) mass is 335 g/mol. The van der Waals surface area contributed by atoms with Gasteiger partial charge in [0.2, 0.25) is 5.43 Å². The third-order valence-corrected chi connectivity index (χ3v) is 4.15. The zero-order valence-corrected chi connectivity index (χ0v) is 12.9. The number of benzene rings is 2. The van der Waals surface area contributed by atoms with Gasteiger partial charge in [-0.2, -0.15) is 0 Å². The van der Waals surface area contributed by atoms with Gasteiger partial charge >= 0.3 is 5.97 Å². The van der Waals surface area contributed by atoms with Gasteiger partial charge in [-0.3, -0.25) is 4.79 Å². The van der Waals surface area contributed by atoms with Crippen molar-refractivity contribution in [2.45, 2.75) is 6.23 Å². The highest BCUT2D eigenvalue weighted by atomic mass is 16.4. The van der Waals surface area contributed by atoms with Gasteiger partial charge in [-0.05, 0) is 42.5 Å². The smallest absolute Gasteiger partial charge is 0.335 e. The van der Waals surface area contributed by atoms with E-state index < -0.39 is 12.2 Å². The standard InChI is InChI=1S/C19H13NO5/c21-17-13-5-3-11(18(22)20-7-1-2-8-20)10-16(13)25-15-6-4-12(19(23)24)9-14(15)17/h1-10,18,22H,(H,23,24). The summed E-state index contributed by atoms with van der Waals surface area (Å²) >= 11 is 0. The van der Waals surface area contributed by atoms with Crippen LogP contribution in [0.1, 0.15) is 22.1 Å². The van der Waals surface area contributed by atoms with Crippen LogP contribution in [0.25, 0.3) is 21.9 Å². The molecule has 0 spiro atoms. The maximum absolute atomic E-state index is 12.7. The molecule has 0 aliphatic heterocycles. The Bertz CT molecular complexity index is 1160. The van der Waals surface area contributed by atoms with Crippen LogP contribution in [0.4, 0.5) is 0 Å². The van der Waals surface area contributed by atoms with Gasteiger partial charge in [-0.1, -0.05) is 6.07 Å². The lowest BCUT2D eigenvalue weighted by atomic mass is 10.1. The first-order valence-electron chi connectivity index (χ1n) is 7.59. The van der Waals surface area contributed by atoms with E-state index in [1.807, 2.05) is 0 Å². The molecule has 4 aromatic rings. The van der Waals surface area contributed by atoms with Gasteiger partial charge in [-0.15, -0.1) is 0 Å². The topological polar surface area (TPSA) is 92.7 Å². The minimum absolute atomic E-state index is 0.0267. The second kappa shape index (κ2) is 5.61. The normalized spacial score (nSPS) is 12.5. The summed E-state index contributed by atoms with van der Waals surface area (Å²) in [7, 11) is 0. The zero-order valence-electron chi connectivity index (χ0n) is 12.9. The molecule has 0 amide bonds. The van der Waals surface area contributed by atoms with E-state index in [2.05, 4.69) is 0 Å². The van der Waals surface area contributed by atoms with Crippen molar-refractivity contribution in [2.24, 2.45) is 0 Å². The Morgan fingerprint density at radius 2 is 1.76 bits per heavy atom. The molecule has 1 unspecified atom stereocenters. The SMILES string of the molecule is O=C(O)c1ccc2oc3cc(C(O)n4cccc4)ccc3c(=O)c2c1. The molecular formula is C19H13NO5. The highest BCUT2D eigenvalue weighted by molar-refractivity contribution is 5.96. The average molecular weight is 335 g/mol. The Hall–Kier alpha value is -3.38. The van der Waals surface area contributed by atoms with Crippen LogP contribution in [0.2, 0.25) is 0 Å². The molecule has 124 valence electrons. The van der Waals surface area contributed by atoms with Gasteiger partial charge < -0.3 is 19.2 Å². The lowest BCUT2D eigenvalue weighted by Crippen LogP contribution is -2.09. The number of fused-ring (bicyclic) bond motifs is 2. The average Bonchev–Trinajstić information content (AvgIpc) is 3.15. The highest BCUT2D eigenvalue weighted by Crippen LogP contribution is 2.24. The van der Waals surface area contributed by atoms with Gasteiger partial charge in [0.15, 0.2) is 6.23 Å². The summed E-state index contributed by atoms with van der Waals surface area (Å²) in [4.78, 5) is 23.7. The van der Waals surface area contributed by atoms with Gasteiger partial charge in [0.25, 0.3) is 0 Å². The van der Waals surface area contributed by atoms with E-state index in [0.29, 0.717) is 22.1 Å². The van der Waals surface area contributed by atoms with Crippen molar-refractivity contribution in [1.82, 2.24) is 4.57 Å². The number of carboxylic acids is 1. The first kappa shape index (κ1) is 15.2. The Kier molecular flexibility index (Phi) is 3.40. The molecule has 2 N–H and O–H groups in total. The van der Waals surface area contributed by atoms with Crippen LogP contribution in [-0.4, -0.2) is 20.7 Å². The Labute approximate surface area is 141 Å². The van der Waals surface area contributed by atoms with Crippen LogP contribution in [0, 0.1) is 0 Å². The van der Waals surface area contributed by atoms with Crippen molar-refractivity contribution in [2.75, 3.05) is 0 Å². The third kappa shape index (κ3) is 2.49. The Morgan fingerprint density at radius 1 is 1.00 bits per heavy atom. The molecule has 0 aliphatic rings. The summed E-state index contributed by atoms with van der Waals surface area (Å²) in [6.45, 7) is 0. The third-order valence-electron chi connectivity index (χ3n) is 4.15. The molecule has 0 saturated heterocycles. The van der Waals surface area contributed by atoms with Crippen LogP contribution in [-0.2, 0) is 0 Å². The number of aliphatic hydroxyl groups excluding tert-OH is 1. The second-order valence-corrected chi connectivity index (χ2v) is 5.71. The van der Waals surface area contributed by atoms with Crippen molar-refractivity contribution in [1.29, 1.82) is 0 Å². The van der Waals surface area contributed by atoms with E-state index in [-0.39, 0.29) is 16.4 Å². The molecule has 2 aromatic carbocycles. The van der Waals surface area contributed by atoms with E-state index in [1.54, 1.807) is 47.3 Å². The van der Waals surface area contributed by atoms with Crippen molar-refractivity contribution >= 4 is 27.9 Å². The minimum Gasteiger partial charge on any atom is -0.478 e. The number of nitrogens with zero attached hydrogens (tertiary/aromatic N) is 1. The first-order chi connectivity index (χ1) is 12.0. The molecule has 1 atom stereocenters. The van der Waals surface area contributed by atoms with E-state index in [0.717, 1.165) is 0 Å². The summed E-state index contributed by atoms with van der Waals surface area (Å²) in [6, 6.07) is 12.6. The predicted octanol–water partition coefficient (Wildman–Crippen LogP) is 2.99. The largest absolute Gasteiger partial charge is 0.478 e. The van der Waals surface area contributed by atoms with Gasteiger partial charge in [-0.25, -0.2) is 4.79 Å². The molecule has 25 heavy (non-hydrogen) atoms. The Morgan fingerprint density at radius 3 is 2.48 bits per heavy atom. The van der Waals surface area contributed by atoms with Crippen molar-refractivity contribution in [3.05, 3.63) is 82.3 Å². The van der Waals surface area contributed by atoms with Gasteiger partial charge in [0.05, 0.1) is 16.3 Å². The molecule has 0 aliphatic carbocycles. The summed E-state index contributed by atoms with van der Waals surface area (Å²) in [6.07, 6.45) is 2.58. The molecule has 0 fully saturated rings. The van der Waals surface area contributed by atoms with Crippen molar-refractivity contribution < 1.29 is 19.4 Å². The fraction of sp³-hybridized carbons (Fsp3) is 0.0526. The zero-order chi connectivity index (χ0) is 17.6. The number of aromatic nitrogens is 1. The van der Waals surface area contributed by atoms with Gasteiger partial charge in [0, 0.05) is 18.0 Å². The number of rotatable bonds is 3. The summed E-state index contributed by atoms with van der Waals surface area (Å²) < 4.78 is 7.38. The van der Waals surface area contributed by atoms with Crippen LogP contribution < -0.4 is 5.43 Å². The predicted molar refractivity (Wildman–Crippen MR) is 91.7 cm³/mol. The number of hydrogen-bond acceptors (Lipinski definition) is 4. The van der Waals surface area contributed by atoms with E-state index in [1.165, 1.54) is 18.2 Å². The van der Waals surface area contributed by atoms with Crippen LogP contribution in [0.3, 0.4) is 0 Å². The highest BCUT2D eigenvalue weighted by Gasteiger charge is 2.14. The molecule has 0 bridgehead atoms. The molecule has 6 nitrogen and oxygen atoms in total. The first-order valence-corrected chi connectivity index (χ1v) is 7.59. The molecular weight excluding hydrogens is 322 g/mol. The fourth-order valence-electron chi connectivity index (χ4n) is 2.85. The number of carboxylic acid groups (broad SMARTS) is 1. The lowest BCUT2D eigenvalue weighted by Gasteiger charge is -2.13. The van der Waals surface area contributed by atoms with Crippen LogP contribution in [0.5, 0.6) is 0 Å². The van der Waals surface area contributed by atoms with E-state index in [4.69, 9.17) is 9.52 Å². The fourth-order valence-corrected chi connectivity index (χ4v) is 2.85. The molecule has 0 saturated carbocycles. The number of hydrogen-bond donors (Lipinski definition) is 2. The number of aliphatic hydroxyl groups is 1. The molecule has 4 rings (SSSR count). The molecule has 2 heterocycles. The summed E-state index contributed by atoms with van der Waals surface area (Å²) in [5.41, 5.74) is 0.938. The maximum Gasteiger partial charge on any atom is 0.335 e. The van der Waals surface area contributed by atoms with E-state index in [9.17, 15) is 14.7 Å². The molecule has 0 radical (unpaired) electrons. The lowest BCUT2D eigenvalue weighted by molar-refractivity contribution is 0.0697. The van der Waals surface area contributed by atoms with E-state index >= 15 is 0 Å². The second-order valence-electron chi connectivity index (χ2n) is 5.71. The number of aromatic carboxylic acids is 1. The molecule has 2 aromatic heterocycles. The summed E-state index contributed by atoms with van der Waals surface area (Å²) in [5.74, 6) is -1.11. The van der Waals surface area contributed by atoms with Crippen molar-refractivity contribution in [3.8, 4) is 0 Å². The maximum atomic E-state index is 12.7. The molecule has 6 heteroatoms. The number of carbonyl (C=O) groups is 1. The van der Waals surface area contributed by atoms with Gasteiger partial charge in [0.1, 0.15) is 11.2 Å². The van der Waals surface area contributed by atoms with Crippen LogP contribution >= 0.6 is 0 Å².